The van der Waals surface area contributed by atoms with Crippen molar-refractivity contribution in [2.45, 2.75) is 13.1 Å². The van der Waals surface area contributed by atoms with Crippen molar-refractivity contribution in [3.63, 3.8) is 0 Å². The van der Waals surface area contributed by atoms with Crippen molar-refractivity contribution in [3.8, 4) is 34.1 Å². The van der Waals surface area contributed by atoms with Crippen molar-refractivity contribution in [1.29, 1.82) is 5.26 Å². The zero-order chi connectivity index (χ0) is 29.1. The Bertz CT molecular complexity index is 1770. The average molecular weight is 562 g/mol. The van der Waals surface area contributed by atoms with Gasteiger partial charge in [-0.05, 0) is 60.5 Å². The SMILES string of the molecule is COCCOC(=O)Nc1nc2c(-c3cccc(C(F)(F)F)c3)c(C)c(-c3ccnn3-c3ccc(C#N)cc3)cn2n1. The monoisotopic (exact) mass is 561 g/mol. The smallest absolute Gasteiger partial charge is 0.416 e. The lowest BCUT2D eigenvalue weighted by molar-refractivity contribution is -0.137. The Balaban J connectivity index is 1.68. The highest BCUT2D eigenvalue weighted by atomic mass is 19.4. The van der Waals surface area contributed by atoms with Crippen LogP contribution in [0.25, 0.3) is 33.7 Å². The van der Waals surface area contributed by atoms with Crippen LogP contribution >= 0.6 is 0 Å². The number of hydrogen-bond acceptors (Lipinski definition) is 7. The summed E-state index contributed by atoms with van der Waals surface area (Å²) in [5.74, 6) is -0.0993. The van der Waals surface area contributed by atoms with Crippen LogP contribution in [0.2, 0.25) is 0 Å². The summed E-state index contributed by atoms with van der Waals surface area (Å²) in [6.07, 6.45) is -2.12. The van der Waals surface area contributed by atoms with E-state index < -0.39 is 17.8 Å². The molecule has 0 saturated heterocycles. The summed E-state index contributed by atoms with van der Waals surface area (Å²) in [6, 6.07) is 15.5. The van der Waals surface area contributed by atoms with E-state index in [1.807, 2.05) is 0 Å². The van der Waals surface area contributed by atoms with Gasteiger partial charge in [0.2, 0.25) is 0 Å². The minimum atomic E-state index is -4.56. The maximum absolute atomic E-state index is 13.6. The number of carbonyl (C=O) groups is 1. The number of fused-ring (bicyclic) bond motifs is 1. The molecular weight excluding hydrogens is 539 g/mol. The molecule has 0 bridgehead atoms. The molecular formula is C28H22F3N7O3. The molecule has 0 spiro atoms. The molecule has 0 unspecified atom stereocenters. The van der Waals surface area contributed by atoms with E-state index in [1.165, 1.54) is 17.7 Å². The van der Waals surface area contributed by atoms with Gasteiger partial charge in [-0.25, -0.2) is 14.0 Å². The molecule has 0 atom stereocenters. The number of hydrogen-bond donors (Lipinski definition) is 1. The molecule has 13 heteroatoms. The van der Waals surface area contributed by atoms with Crippen LogP contribution in [0, 0.1) is 18.3 Å². The molecule has 0 aliphatic heterocycles. The van der Waals surface area contributed by atoms with Gasteiger partial charge in [0, 0.05) is 24.4 Å². The zero-order valence-corrected chi connectivity index (χ0v) is 21.8. The van der Waals surface area contributed by atoms with Crippen molar-refractivity contribution in [2.24, 2.45) is 0 Å². The Kier molecular flexibility index (Phi) is 7.41. The third-order valence-electron chi connectivity index (χ3n) is 6.26. The number of nitrogens with one attached hydrogen (secondary N) is 1. The summed E-state index contributed by atoms with van der Waals surface area (Å²) in [5, 5.41) is 20.4. The van der Waals surface area contributed by atoms with Crippen molar-refractivity contribution in [3.05, 3.63) is 83.7 Å². The number of nitrogens with zero attached hydrogens (tertiary/aromatic N) is 6. The number of methoxy groups -OCH3 is 1. The Labute approximate surface area is 231 Å². The van der Waals surface area contributed by atoms with Gasteiger partial charge in [0.1, 0.15) is 6.61 Å². The molecule has 0 aliphatic rings. The van der Waals surface area contributed by atoms with E-state index >= 15 is 0 Å². The summed E-state index contributed by atoms with van der Waals surface area (Å²) in [5.41, 5.74) is 3.03. The first-order valence-electron chi connectivity index (χ1n) is 12.2. The molecule has 208 valence electrons. The molecule has 0 fully saturated rings. The average Bonchev–Trinajstić information content (AvgIpc) is 3.59. The first kappa shape index (κ1) is 27.4. The van der Waals surface area contributed by atoms with Gasteiger partial charge in [-0.2, -0.15) is 28.5 Å². The molecule has 5 aromatic rings. The quantitative estimate of drug-likeness (QED) is 0.255. The highest BCUT2D eigenvalue weighted by Crippen LogP contribution is 2.38. The summed E-state index contributed by atoms with van der Waals surface area (Å²) in [6.45, 7) is 1.97. The van der Waals surface area contributed by atoms with Crippen molar-refractivity contribution in [2.75, 3.05) is 25.6 Å². The Morgan fingerprint density at radius 2 is 1.90 bits per heavy atom. The van der Waals surface area contributed by atoms with E-state index in [0.29, 0.717) is 33.6 Å². The van der Waals surface area contributed by atoms with Gasteiger partial charge in [0.15, 0.2) is 5.65 Å². The van der Waals surface area contributed by atoms with Gasteiger partial charge in [-0.3, -0.25) is 5.32 Å². The lowest BCUT2D eigenvalue weighted by atomic mass is 9.95. The molecule has 3 heterocycles. The number of aromatic nitrogens is 5. The fourth-order valence-electron chi connectivity index (χ4n) is 4.35. The number of rotatable bonds is 7. The molecule has 1 N–H and O–H groups in total. The maximum Gasteiger partial charge on any atom is 0.416 e. The molecule has 3 aromatic heterocycles. The second-order valence-electron chi connectivity index (χ2n) is 8.87. The standard InChI is InChI=1S/C28H22F3N7O3/c1-17-22(23-10-11-33-38(23)21-8-6-18(15-32)7-9-21)16-37-25(34-26(36-37)35-27(39)41-13-12-40-2)24(17)19-4-3-5-20(14-19)28(29,30)31/h3-11,14,16H,12-13H2,1-2H3,(H,35,36,39). The van der Waals surface area contributed by atoms with Crippen LogP contribution < -0.4 is 5.32 Å². The second kappa shape index (κ2) is 11.1. The van der Waals surface area contributed by atoms with E-state index in [9.17, 15) is 18.0 Å². The lowest BCUT2D eigenvalue weighted by Crippen LogP contribution is -2.17. The van der Waals surface area contributed by atoms with Gasteiger partial charge in [0.05, 0.1) is 41.4 Å². The van der Waals surface area contributed by atoms with Crippen molar-refractivity contribution >= 4 is 17.7 Å². The Hall–Kier alpha value is -5.22. The number of amides is 1. The zero-order valence-electron chi connectivity index (χ0n) is 21.8. The van der Waals surface area contributed by atoms with E-state index in [1.54, 1.807) is 60.4 Å². The van der Waals surface area contributed by atoms with E-state index in [0.717, 1.165) is 12.1 Å². The summed E-state index contributed by atoms with van der Waals surface area (Å²) in [7, 11) is 1.47. The van der Waals surface area contributed by atoms with Crippen molar-refractivity contribution < 1.29 is 27.4 Å². The second-order valence-corrected chi connectivity index (χ2v) is 8.87. The van der Waals surface area contributed by atoms with Gasteiger partial charge in [0.25, 0.3) is 5.95 Å². The molecule has 0 aliphatic carbocycles. The van der Waals surface area contributed by atoms with Crippen LogP contribution in [0.15, 0.2) is 67.0 Å². The predicted octanol–water partition coefficient (Wildman–Crippen LogP) is 5.64. The van der Waals surface area contributed by atoms with Gasteiger partial charge >= 0.3 is 12.3 Å². The molecule has 5 rings (SSSR count). The third-order valence-corrected chi connectivity index (χ3v) is 6.26. The van der Waals surface area contributed by atoms with E-state index in [2.05, 4.69) is 26.6 Å². The molecule has 0 saturated carbocycles. The molecule has 0 radical (unpaired) electrons. The number of alkyl halides is 3. The van der Waals surface area contributed by atoms with Gasteiger partial charge in [-0.15, -0.1) is 5.10 Å². The Morgan fingerprint density at radius 1 is 1.12 bits per heavy atom. The fraction of sp³-hybridized carbons (Fsp3) is 0.179. The summed E-state index contributed by atoms with van der Waals surface area (Å²) < 4.78 is 53.8. The lowest BCUT2D eigenvalue weighted by Gasteiger charge is -2.16. The highest BCUT2D eigenvalue weighted by molar-refractivity contribution is 5.88. The summed E-state index contributed by atoms with van der Waals surface area (Å²) in [4.78, 5) is 16.6. The fourth-order valence-corrected chi connectivity index (χ4v) is 4.35. The number of pyridine rings is 1. The minimum Gasteiger partial charge on any atom is -0.447 e. The van der Waals surface area contributed by atoms with E-state index in [4.69, 9.17) is 14.7 Å². The van der Waals surface area contributed by atoms with Gasteiger partial charge in [-0.1, -0.05) is 12.1 Å². The van der Waals surface area contributed by atoms with Crippen LogP contribution in [0.5, 0.6) is 0 Å². The normalized spacial score (nSPS) is 11.4. The highest BCUT2D eigenvalue weighted by Gasteiger charge is 2.31. The van der Waals surface area contributed by atoms with Crippen molar-refractivity contribution in [1.82, 2.24) is 24.4 Å². The third kappa shape index (κ3) is 5.59. The minimum absolute atomic E-state index is 0.00772. The van der Waals surface area contributed by atoms with Crippen LogP contribution in [0.3, 0.4) is 0 Å². The largest absolute Gasteiger partial charge is 0.447 e. The summed E-state index contributed by atoms with van der Waals surface area (Å²) >= 11 is 0. The number of nitriles is 1. The number of benzene rings is 2. The number of anilines is 1. The van der Waals surface area contributed by atoms with Crippen LogP contribution in [0.1, 0.15) is 16.7 Å². The molecule has 10 nitrogen and oxygen atoms in total. The van der Waals surface area contributed by atoms with Gasteiger partial charge < -0.3 is 9.47 Å². The number of carbonyl (C=O) groups excluding carboxylic acids is 1. The van der Waals surface area contributed by atoms with Crippen LogP contribution in [-0.2, 0) is 15.7 Å². The predicted molar refractivity (Wildman–Crippen MR) is 142 cm³/mol. The molecule has 1 amide bonds. The van der Waals surface area contributed by atoms with Crippen LogP contribution in [-0.4, -0.2) is 50.8 Å². The topological polar surface area (TPSA) is 119 Å². The first-order valence-corrected chi connectivity index (χ1v) is 12.2. The number of halogens is 3. The molecule has 2 aromatic carbocycles. The molecule has 41 heavy (non-hydrogen) atoms. The first-order chi connectivity index (χ1) is 19.7. The van der Waals surface area contributed by atoms with Crippen LogP contribution in [0.4, 0.5) is 23.9 Å². The van der Waals surface area contributed by atoms with E-state index in [-0.39, 0.29) is 30.4 Å². The maximum atomic E-state index is 13.6. The number of ether oxygens (including phenoxy) is 2. The Morgan fingerprint density at radius 3 is 2.61 bits per heavy atom.